The van der Waals surface area contributed by atoms with Crippen molar-refractivity contribution in [3.8, 4) is 22.5 Å². The van der Waals surface area contributed by atoms with Gasteiger partial charge in [0.05, 0.1) is 24.4 Å². The molecule has 0 saturated carbocycles. The van der Waals surface area contributed by atoms with Crippen LogP contribution in [0.15, 0.2) is 65.5 Å². The molecule has 0 spiro atoms. The van der Waals surface area contributed by atoms with Crippen LogP contribution in [0.2, 0.25) is 0 Å². The molecule has 0 aliphatic rings. The quantitative estimate of drug-likeness (QED) is 0.296. The van der Waals surface area contributed by atoms with Crippen LogP contribution in [0.25, 0.3) is 33.5 Å². The van der Waals surface area contributed by atoms with Gasteiger partial charge in [-0.2, -0.15) is 0 Å². The molecule has 0 radical (unpaired) electrons. The Hall–Kier alpha value is -4.28. The van der Waals surface area contributed by atoms with Gasteiger partial charge in [0.1, 0.15) is 12.3 Å². The minimum Gasteiger partial charge on any atom is -0.378 e. The van der Waals surface area contributed by atoms with Crippen molar-refractivity contribution in [1.29, 1.82) is 0 Å². The Bertz CT molecular complexity index is 1670. The fourth-order valence-electron chi connectivity index (χ4n) is 4.58. The number of nitrogens with zero attached hydrogens (tertiary/aromatic N) is 7. The molecule has 10 heteroatoms. The maximum atomic E-state index is 13.0. The van der Waals surface area contributed by atoms with Gasteiger partial charge in [-0.1, -0.05) is 48.5 Å². The van der Waals surface area contributed by atoms with Crippen LogP contribution < -0.4 is 5.56 Å². The summed E-state index contributed by atoms with van der Waals surface area (Å²) < 4.78 is 14.1. The average Bonchev–Trinajstić information content (AvgIpc) is 3.42. The second kappa shape index (κ2) is 10.8. The zero-order chi connectivity index (χ0) is 27.6. The van der Waals surface area contributed by atoms with E-state index in [9.17, 15) is 4.79 Å². The van der Waals surface area contributed by atoms with Gasteiger partial charge in [-0.15, -0.1) is 5.10 Å². The molecule has 2 aromatic carbocycles. The lowest BCUT2D eigenvalue weighted by Gasteiger charge is -2.21. The van der Waals surface area contributed by atoms with Crippen LogP contribution in [-0.2, 0) is 34.8 Å². The van der Waals surface area contributed by atoms with Gasteiger partial charge < -0.3 is 9.47 Å². The van der Waals surface area contributed by atoms with Crippen molar-refractivity contribution in [1.82, 2.24) is 34.7 Å². The first-order valence-electron chi connectivity index (χ1n) is 12.6. The normalized spacial score (nSPS) is 11.8. The SMILES string of the molecule is COCc1nc(COC)c2ccc(=O)n(Cc3ccc(-c4ccccc4-c4nnnn4C(C)(C)C)cc3)c2n1. The summed E-state index contributed by atoms with van der Waals surface area (Å²) >= 11 is 0. The van der Waals surface area contributed by atoms with Crippen LogP contribution >= 0.6 is 0 Å². The molecule has 5 aromatic rings. The van der Waals surface area contributed by atoms with Gasteiger partial charge in [0.15, 0.2) is 11.6 Å². The van der Waals surface area contributed by atoms with Crippen molar-refractivity contribution >= 4 is 11.0 Å². The lowest BCUT2D eigenvalue weighted by atomic mass is 9.97. The number of tetrazole rings is 1. The van der Waals surface area contributed by atoms with Crippen molar-refractivity contribution in [3.05, 3.63) is 88.1 Å². The van der Waals surface area contributed by atoms with Crippen molar-refractivity contribution in [2.75, 3.05) is 14.2 Å². The molecule has 0 atom stereocenters. The van der Waals surface area contributed by atoms with E-state index in [-0.39, 0.29) is 17.7 Å². The van der Waals surface area contributed by atoms with Crippen molar-refractivity contribution in [3.63, 3.8) is 0 Å². The van der Waals surface area contributed by atoms with Crippen LogP contribution in [0.4, 0.5) is 0 Å². The molecule has 0 saturated heterocycles. The molecule has 3 heterocycles. The van der Waals surface area contributed by atoms with Crippen LogP contribution in [0.3, 0.4) is 0 Å². The number of benzene rings is 2. The summed E-state index contributed by atoms with van der Waals surface area (Å²) in [6.07, 6.45) is 0. The van der Waals surface area contributed by atoms with Gasteiger partial charge in [0.2, 0.25) is 0 Å². The highest BCUT2D eigenvalue weighted by Gasteiger charge is 2.22. The zero-order valence-electron chi connectivity index (χ0n) is 22.8. The highest BCUT2D eigenvalue weighted by atomic mass is 16.5. The van der Waals surface area contributed by atoms with E-state index in [1.807, 2.05) is 35.0 Å². The number of rotatable bonds is 8. The molecule has 0 unspecified atom stereocenters. The van der Waals surface area contributed by atoms with Gasteiger partial charge in [-0.3, -0.25) is 9.36 Å². The van der Waals surface area contributed by atoms with Crippen molar-refractivity contribution in [2.24, 2.45) is 0 Å². The third-order valence-corrected chi connectivity index (χ3v) is 6.40. The molecule has 0 aliphatic heterocycles. The largest absolute Gasteiger partial charge is 0.378 e. The number of fused-ring (bicyclic) bond motifs is 1. The van der Waals surface area contributed by atoms with Gasteiger partial charge in [-0.25, -0.2) is 14.6 Å². The van der Waals surface area contributed by atoms with E-state index in [2.05, 4.69) is 64.5 Å². The minimum absolute atomic E-state index is 0.142. The van der Waals surface area contributed by atoms with Crippen LogP contribution in [0.1, 0.15) is 37.9 Å². The van der Waals surface area contributed by atoms with Crippen molar-refractivity contribution in [2.45, 2.75) is 46.1 Å². The molecule has 3 aromatic heterocycles. The molecular formula is C29H31N7O3. The van der Waals surface area contributed by atoms with E-state index in [4.69, 9.17) is 9.47 Å². The Labute approximate surface area is 226 Å². The highest BCUT2D eigenvalue weighted by Crippen LogP contribution is 2.32. The number of ether oxygens (including phenoxy) is 2. The minimum atomic E-state index is -0.267. The predicted molar refractivity (Wildman–Crippen MR) is 148 cm³/mol. The van der Waals surface area contributed by atoms with E-state index < -0.39 is 0 Å². The Morgan fingerprint density at radius 1 is 0.846 bits per heavy atom. The van der Waals surface area contributed by atoms with Crippen LogP contribution in [-0.4, -0.2) is 49.0 Å². The third kappa shape index (κ3) is 5.34. The molecule has 0 bridgehead atoms. The Morgan fingerprint density at radius 2 is 1.56 bits per heavy atom. The number of pyridine rings is 1. The summed E-state index contributed by atoms with van der Waals surface area (Å²) in [5, 5.41) is 13.3. The number of hydrogen-bond acceptors (Lipinski definition) is 8. The highest BCUT2D eigenvalue weighted by molar-refractivity contribution is 5.81. The van der Waals surface area contributed by atoms with Gasteiger partial charge in [-0.05, 0) is 54.0 Å². The number of aromatic nitrogens is 7. The molecule has 5 rings (SSSR count). The summed E-state index contributed by atoms with van der Waals surface area (Å²) in [7, 11) is 3.20. The maximum Gasteiger partial charge on any atom is 0.252 e. The number of hydrogen-bond donors (Lipinski definition) is 0. The average molecular weight is 526 g/mol. The lowest BCUT2D eigenvalue weighted by Crippen LogP contribution is -2.24. The van der Waals surface area contributed by atoms with Crippen molar-refractivity contribution < 1.29 is 9.47 Å². The van der Waals surface area contributed by atoms with E-state index >= 15 is 0 Å². The van der Waals surface area contributed by atoms with E-state index in [1.54, 1.807) is 30.9 Å². The lowest BCUT2D eigenvalue weighted by molar-refractivity contribution is 0.171. The van der Waals surface area contributed by atoms with Gasteiger partial charge in [0.25, 0.3) is 5.56 Å². The summed E-state index contributed by atoms with van der Waals surface area (Å²) in [6.45, 7) is 7.11. The summed E-state index contributed by atoms with van der Waals surface area (Å²) in [5.74, 6) is 1.21. The first kappa shape index (κ1) is 26.3. The molecule has 39 heavy (non-hydrogen) atoms. The predicted octanol–water partition coefficient (Wildman–Crippen LogP) is 4.21. The molecular weight excluding hydrogens is 494 g/mol. The topological polar surface area (TPSA) is 110 Å². The first-order chi connectivity index (χ1) is 18.8. The van der Waals surface area contributed by atoms with E-state index in [1.165, 1.54) is 0 Å². The van der Waals surface area contributed by atoms with Crippen LogP contribution in [0.5, 0.6) is 0 Å². The Kier molecular flexibility index (Phi) is 7.32. The second-order valence-corrected chi connectivity index (χ2v) is 10.3. The summed E-state index contributed by atoms with van der Waals surface area (Å²) in [4.78, 5) is 22.2. The zero-order valence-corrected chi connectivity index (χ0v) is 22.8. The fraction of sp³-hybridized carbons (Fsp3) is 0.310. The maximum absolute atomic E-state index is 13.0. The van der Waals surface area contributed by atoms with E-state index in [0.717, 1.165) is 27.6 Å². The van der Waals surface area contributed by atoms with Crippen LogP contribution in [0, 0.1) is 0 Å². The Morgan fingerprint density at radius 3 is 2.26 bits per heavy atom. The molecule has 0 amide bonds. The first-order valence-corrected chi connectivity index (χ1v) is 12.6. The smallest absolute Gasteiger partial charge is 0.252 e. The standard InChI is InChI=1S/C29H31N7O3/c1-29(2,3)36-28(32-33-34-36)22-9-7-6-8-21(22)20-12-10-19(11-13-20)16-35-26(37)15-14-23-24(17-38-4)30-25(18-39-5)31-27(23)35/h6-15H,16-18H2,1-5H3. The molecule has 200 valence electrons. The molecule has 0 fully saturated rings. The third-order valence-electron chi connectivity index (χ3n) is 6.40. The molecule has 0 N–H and O–H groups in total. The van der Waals surface area contributed by atoms with E-state index in [0.29, 0.717) is 36.1 Å². The van der Waals surface area contributed by atoms with Gasteiger partial charge >= 0.3 is 0 Å². The molecule has 0 aliphatic carbocycles. The second-order valence-electron chi connectivity index (χ2n) is 10.3. The van der Waals surface area contributed by atoms with Gasteiger partial charge in [0, 0.05) is 31.2 Å². The number of methoxy groups -OCH3 is 2. The monoisotopic (exact) mass is 525 g/mol. The Balaban J connectivity index is 1.52. The fourth-order valence-corrected chi connectivity index (χ4v) is 4.58. The summed E-state index contributed by atoms with van der Waals surface area (Å²) in [6, 6.07) is 19.5. The summed E-state index contributed by atoms with van der Waals surface area (Å²) in [5.41, 5.74) is 4.82. The molecule has 10 nitrogen and oxygen atoms in total.